The molecule has 0 spiro atoms. The first-order chi connectivity index (χ1) is 14.6. The summed E-state index contributed by atoms with van der Waals surface area (Å²) >= 11 is 8.06. The van der Waals surface area contributed by atoms with Crippen molar-refractivity contribution in [1.82, 2.24) is 9.38 Å². The number of thiophene rings is 1. The van der Waals surface area contributed by atoms with Gasteiger partial charge in [0.15, 0.2) is 0 Å². The topological polar surface area (TPSA) is 29.3 Å². The quantitative estimate of drug-likeness (QED) is 0.316. The highest BCUT2D eigenvalue weighted by Gasteiger charge is 2.18. The summed E-state index contributed by atoms with van der Waals surface area (Å²) in [5.41, 5.74) is 6.47. The van der Waals surface area contributed by atoms with E-state index in [4.69, 9.17) is 16.6 Å². The van der Waals surface area contributed by atoms with Crippen LogP contribution in [0.15, 0.2) is 79.0 Å². The molecule has 0 aliphatic rings. The maximum absolute atomic E-state index is 6.32. The second kappa shape index (κ2) is 7.63. The number of benzene rings is 2. The number of nitrogens with one attached hydrogen (secondary N) is 1. The predicted octanol–water partition coefficient (Wildman–Crippen LogP) is 7.74. The first-order valence-electron chi connectivity index (χ1n) is 9.76. The molecule has 3 aromatic heterocycles. The van der Waals surface area contributed by atoms with Crippen molar-refractivity contribution in [2.75, 3.05) is 5.32 Å². The van der Waals surface area contributed by atoms with Gasteiger partial charge in [0.25, 0.3) is 0 Å². The Labute approximate surface area is 184 Å². The first kappa shape index (κ1) is 18.9. The second-order valence-electron chi connectivity index (χ2n) is 7.31. The third-order valence-electron chi connectivity index (χ3n) is 5.20. The fraction of sp³-hybridized carbons (Fsp3) is 0.0800. The summed E-state index contributed by atoms with van der Waals surface area (Å²) in [6, 6.07) is 24.9. The number of aryl methyl sites for hydroxylation is 2. The van der Waals surface area contributed by atoms with Crippen LogP contribution in [0, 0.1) is 13.8 Å². The predicted molar refractivity (Wildman–Crippen MR) is 128 cm³/mol. The molecule has 0 atom stereocenters. The minimum atomic E-state index is 0.673. The van der Waals surface area contributed by atoms with E-state index in [1.165, 1.54) is 21.6 Å². The Bertz CT molecular complexity index is 1330. The molecule has 0 amide bonds. The van der Waals surface area contributed by atoms with Crippen molar-refractivity contribution in [3.8, 4) is 21.0 Å². The van der Waals surface area contributed by atoms with Gasteiger partial charge in [-0.1, -0.05) is 60.1 Å². The molecule has 0 radical (unpaired) electrons. The third-order valence-corrected chi connectivity index (χ3v) is 6.57. The maximum atomic E-state index is 6.32. The summed E-state index contributed by atoms with van der Waals surface area (Å²) in [4.78, 5) is 7.27. The Balaban J connectivity index is 1.67. The number of rotatable bonds is 4. The van der Waals surface area contributed by atoms with Gasteiger partial charge >= 0.3 is 0 Å². The van der Waals surface area contributed by atoms with Crippen LogP contribution in [0.25, 0.3) is 26.7 Å². The van der Waals surface area contributed by atoms with E-state index in [2.05, 4.69) is 73.8 Å². The molecular formula is C25H20ClN3S. The van der Waals surface area contributed by atoms with Gasteiger partial charge in [-0.05, 0) is 54.8 Å². The molecular weight excluding hydrogens is 410 g/mol. The smallest absolute Gasteiger partial charge is 0.144 e. The highest BCUT2D eigenvalue weighted by Crippen LogP contribution is 2.39. The Kier molecular flexibility index (Phi) is 4.81. The van der Waals surface area contributed by atoms with Gasteiger partial charge in [0.1, 0.15) is 17.2 Å². The monoisotopic (exact) mass is 429 g/mol. The summed E-state index contributed by atoms with van der Waals surface area (Å²) in [7, 11) is 0. The molecule has 148 valence electrons. The van der Waals surface area contributed by atoms with E-state index in [-0.39, 0.29) is 0 Å². The molecule has 0 saturated heterocycles. The molecule has 0 unspecified atom stereocenters. The van der Waals surface area contributed by atoms with E-state index in [1.54, 1.807) is 11.3 Å². The van der Waals surface area contributed by atoms with Crippen molar-refractivity contribution in [1.29, 1.82) is 0 Å². The van der Waals surface area contributed by atoms with Gasteiger partial charge in [0.05, 0.1) is 9.90 Å². The van der Waals surface area contributed by atoms with Crippen LogP contribution in [-0.4, -0.2) is 9.38 Å². The van der Waals surface area contributed by atoms with E-state index >= 15 is 0 Å². The van der Waals surface area contributed by atoms with Crippen LogP contribution in [0.4, 0.5) is 11.5 Å². The second-order valence-corrected chi connectivity index (χ2v) is 8.83. The molecule has 1 N–H and O–H groups in total. The van der Waals surface area contributed by atoms with Crippen molar-refractivity contribution >= 4 is 40.1 Å². The van der Waals surface area contributed by atoms with E-state index < -0.39 is 0 Å². The lowest BCUT2D eigenvalue weighted by Gasteiger charge is -2.13. The number of hydrogen-bond acceptors (Lipinski definition) is 3. The lowest BCUT2D eigenvalue weighted by atomic mass is 10.1. The number of halogens is 1. The molecule has 0 aliphatic carbocycles. The molecule has 0 aliphatic heterocycles. The summed E-state index contributed by atoms with van der Waals surface area (Å²) in [5.74, 6) is 0.923. The third kappa shape index (κ3) is 3.38. The zero-order valence-electron chi connectivity index (χ0n) is 16.7. The lowest BCUT2D eigenvalue weighted by Crippen LogP contribution is -2.00. The number of hydrogen-bond donors (Lipinski definition) is 1. The summed E-state index contributed by atoms with van der Waals surface area (Å²) < 4.78 is 2.03. The van der Waals surface area contributed by atoms with Crippen molar-refractivity contribution < 1.29 is 0 Å². The van der Waals surface area contributed by atoms with Crippen LogP contribution in [-0.2, 0) is 0 Å². The largest absolute Gasteiger partial charge is 0.339 e. The fourth-order valence-electron chi connectivity index (χ4n) is 3.66. The number of nitrogens with zero attached hydrogens (tertiary/aromatic N) is 2. The first-order valence-corrected chi connectivity index (χ1v) is 11.0. The van der Waals surface area contributed by atoms with Gasteiger partial charge in [-0.3, -0.25) is 4.40 Å². The number of para-hydroxylation sites is 1. The summed E-state index contributed by atoms with van der Waals surface area (Å²) in [6.07, 6.45) is 1.91. The highest BCUT2D eigenvalue weighted by atomic mass is 35.5. The number of pyridine rings is 1. The maximum Gasteiger partial charge on any atom is 0.144 e. The van der Waals surface area contributed by atoms with Crippen molar-refractivity contribution in [2.24, 2.45) is 0 Å². The summed E-state index contributed by atoms with van der Waals surface area (Å²) in [5, 5.41) is 4.33. The molecule has 0 saturated carbocycles. The van der Waals surface area contributed by atoms with E-state index in [0.717, 1.165) is 27.7 Å². The Hall–Kier alpha value is -3.08. The minimum Gasteiger partial charge on any atom is -0.339 e. The average Bonchev–Trinajstić information content (AvgIpc) is 3.36. The van der Waals surface area contributed by atoms with Gasteiger partial charge < -0.3 is 5.32 Å². The van der Waals surface area contributed by atoms with Crippen molar-refractivity contribution in [2.45, 2.75) is 13.8 Å². The fourth-order valence-corrected chi connectivity index (χ4v) is 4.83. The average molecular weight is 430 g/mol. The molecule has 3 heterocycles. The Morgan fingerprint density at radius 3 is 2.33 bits per heavy atom. The van der Waals surface area contributed by atoms with Gasteiger partial charge in [-0.2, -0.15) is 0 Å². The molecule has 0 fully saturated rings. The molecule has 0 bridgehead atoms. The van der Waals surface area contributed by atoms with Crippen molar-refractivity contribution in [3.63, 3.8) is 0 Å². The van der Waals surface area contributed by atoms with Crippen LogP contribution in [0.1, 0.15) is 11.1 Å². The Morgan fingerprint density at radius 2 is 1.57 bits per heavy atom. The van der Waals surface area contributed by atoms with Crippen LogP contribution < -0.4 is 5.32 Å². The molecule has 3 nitrogen and oxygen atoms in total. The standard InChI is InChI=1S/C25H20ClN3S/c1-16-7-6-8-17(2)23(16)28-25-24(27-22-14-11-19(26)15-29(22)25)21-13-12-20(30-21)18-9-4-3-5-10-18/h3-15,28H,1-2H3. The number of anilines is 2. The molecule has 5 rings (SSSR count). The molecule has 5 aromatic rings. The number of imidazole rings is 1. The van der Waals surface area contributed by atoms with Crippen LogP contribution in [0.3, 0.4) is 0 Å². The van der Waals surface area contributed by atoms with Crippen LogP contribution in [0.2, 0.25) is 5.02 Å². The SMILES string of the molecule is Cc1cccc(C)c1Nc1c(-c2ccc(-c3ccccc3)s2)nc2ccc(Cl)cn12. The Morgan fingerprint density at radius 1 is 0.833 bits per heavy atom. The van der Waals surface area contributed by atoms with Crippen LogP contribution >= 0.6 is 22.9 Å². The van der Waals surface area contributed by atoms with Gasteiger partial charge in [0, 0.05) is 16.8 Å². The summed E-state index contributed by atoms with van der Waals surface area (Å²) in [6.45, 7) is 4.23. The van der Waals surface area contributed by atoms with E-state index in [1.807, 2.05) is 28.8 Å². The zero-order chi connectivity index (χ0) is 20.7. The van der Waals surface area contributed by atoms with E-state index in [0.29, 0.717) is 5.02 Å². The molecule has 5 heteroatoms. The zero-order valence-corrected chi connectivity index (χ0v) is 18.3. The van der Waals surface area contributed by atoms with E-state index in [9.17, 15) is 0 Å². The van der Waals surface area contributed by atoms with Gasteiger partial charge in [-0.15, -0.1) is 11.3 Å². The van der Waals surface area contributed by atoms with Gasteiger partial charge in [0.2, 0.25) is 0 Å². The van der Waals surface area contributed by atoms with Crippen molar-refractivity contribution in [3.05, 3.63) is 95.1 Å². The lowest BCUT2D eigenvalue weighted by molar-refractivity contribution is 1.18. The van der Waals surface area contributed by atoms with Gasteiger partial charge in [-0.25, -0.2) is 4.98 Å². The minimum absolute atomic E-state index is 0.673. The number of aromatic nitrogens is 2. The molecule has 30 heavy (non-hydrogen) atoms. The van der Waals surface area contributed by atoms with Crippen LogP contribution in [0.5, 0.6) is 0 Å². The highest BCUT2D eigenvalue weighted by molar-refractivity contribution is 7.18. The molecule has 2 aromatic carbocycles. The normalized spacial score (nSPS) is 11.2. The number of fused-ring (bicyclic) bond motifs is 1.